The summed E-state index contributed by atoms with van der Waals surface area (Å²) >= 11 is 1.59. The summed E-state index contributed by atoms with van der Waals surface area (Å²) in [5.74, 6) is 0.857. The minimum Gasteiger partial charge on any atom is -0.293 e. The van der Waals surface area contributed by atoms with Crippen molar-refractivity contribution in [2.75, 3.05) is 0 Å². The fourth-order valence-electron chi connectivity index (χ4n) is 2.90. The first-order chi connectivity index (χ1) is 12.0. The van der Waals surface area contributed by atoms with Crippen LogP contribution < -0.4 is 0 Å². The molecule has 128 valence electrons. The number of thiophene rings is 1. The first kappa shape index (κ1) is 17.6. The van der Waals surface area contributed by atoms with Crippen LogP contribution in [0.1, 0.15) is 40.2 Å². The van der Waals surface area contributed by atoms with E-state index < -0.39 is 0 Å². The summed E-state index contributed by atoms with van der Waals surface area (Å²) in [6.45, 7) is 6.53. The summed E-state index contributed by atoms with van der Waals surface area (Å²) in [6, 6.07) is 20.9. The lowest BCUT2D eigenvalue weighted by molar-refractivity contribution is 0.0997. The van der Waals surface area contributed by atoms with E-state index in [1.165, 1.54) is 16.7 Å². The Labute approximate surface area is 154 Å². The number of hydrogen-bond donors (Lipinski definition) is 0. The molecule has 0 unspecified atom stereocenters. The molecule has 0 spiro atoms. The lowest BCUT2D eigenvalue weighted by atomic mass is 10.0. The van der Waals surface area contributed by atoms with Crippen LogP contribution in [0.5, 0.6) is 0 Å². The Balaban J connectivity index is 1.71. The smallest absolute Gasteiger partial charge is 0.177 e. The SMILES string of the molecule is Cc1ccc(CC(=O)c2ccc(-c3ccc(CC(C)C)cc3)s2)cc1. The summed E-state index contributed by atoms with van der Waals surface area (Å²) in [7, 11) is 0. The predicted molar refractivity (Wildman–Crippen MR) is 108 cm³/mol. The van der Waals surface area contributed by atoms with Crippen molar-refractivity contribution in [3.05, 3.63) is 82.2 Å². The van der Waals surface area contributed by atoms with Crippen molar-refractivity contribution in [2.24, 2.45) is 5.92 Å². The highest BCUT2D eigenvalue weighted by Crippen LogP contribution is 2.29. The predicted octanol–water partition coefficient (Wildman–Crippen LogP) is 6.35. The monoisotopic (exact) mass is 348 g/mol. The number of carbonyl (C=O) groups is 1. The molecule has 2 aromatic carbocycles. The molecule has 0 aliphatic heterocycles. The van der Waals surface area contributed by atoms with Crippen molar-refractivity contribution in [1.82, 2.24) is 0 Å². The average Bonchev–Trinajstić information content (AvgIpc) is 3.07. The topological polar surface area (TPSA) is 17.1 Å². The number of carbonyl (C=O) groups excluding carboxylic acids is 1. The average molecular weight is 349 g/mol. The Hall–Kier alpha value is -2.19. The molecule has 0 aliphatic carbocycles. The van der Waals surface area contributed by atoms with Gasteiger partial charge in [0.25, 0.3) is 0 Å². The minimum absolute atomic E-state index is 0.191. The minimum atomic E-state index is 0.191. The molecule has 0 amide bonds. The van der Waals surface area contributed by atoms with Gasteiger partial charge in [-0.15, -0.1) is 11.3 Å². The molecule has 25 heavy (non-hydrogen) atoms. The zero-order valence-electron chi connectivity index (χ0n) is 15.1. The Bertz CT molecular complexity index is 839. The molecular weight excluding hydrogens is 324 g/mol. The molecule has 1 aromatic heterocycles. The van der Waals surface area contributed by atoms with Gasteiger partial charge < -0.3 is 0 Å². The van der Waals surface area contributed by atoms with Gasteiger partial charge in [0.2, 0.25) is 0 Å². The fourth-order valence-corrected chi connectivity index (χ4v) is 3.85. The van der Waals surface area contributed by atoms with Crippen LogP contribution in [0, 0.1) is 12.8 Å². The Morgan fingerprint density at radius 2 is 1.52 bits per heavy atom. The van der Waals surface area contributed by atoms with E-state index in [0.29, 0.717) is 12.3 Å². The van der Waals surface area contributed by atoms with Gasteiger partial charge >= 0.3 is 0 Å². The standard InChI is InChI=1S/C23H24OS/c1-16(2)14-18-8-10-20(11-9-18)22-12-13-23(25-22)21(24)15-19-6-4-17(3)5-7-19/h4-13,16H,14-15H2,1-3H3. The molecule has 1 nitrogen and oxygen atoms in total. The third-order valence-corrected chi connectivity index (χ3v) is 5.42. The van der Waals surface area contributed by atoms with Crippen LogP contribution in [-0.2, 0) is 12.8 Å². The Kier molecular flexibility index (Phi) is 5.50. The van der Waals surface area contributed by atoms with Crippen molar-refractivity contribution in [2.45, 2.75) is 33.6 Å². The lowest BCUT2D eigenvalue weighted by Gasteiger charge is -2.05. The molecule has 0 saturated heterocycles. The normalized spacial score (nSPS) is 11.0. The van der Waals surface area contributed by atoms with Crippen molar-refractivity contribution in [1.29, 1.82) is 0 Å². The highest BCUT2D eigenvalue weighted by Gasteiger charge is 2.11. The van der Waals surface area contributed by atoms with E-state index in [1.807, 2.05) is 18.2 Å². The number of ketones is 1. The summed E-state index contributed by atoms with van der Waals surface area (Å²) in [5.41, 5.74) is 4.84. The van der Waals surface area contributed by atoms with Crippen molar-refractivity contribution >= 4 is 17.1 Å². The maximum Gasteiger partial charge on any atom is 0.177 e. The van der Waals surface area contributed by atoms with Gasteiger partial charge in [-0.05, 0) is 48.1 Å². The first-order valence-electron chi connectivity index (χ1n) is 8.79. The van der Waals surface area contributed by atoms with E-state index >= 15 is 0 Å². The van der Waals surface area contributed by atoms with Crippen LogP contribution in [0.2, 0.25) is 0 Å². The number of aryl methyl sites for hydroxylation is 1. The lowest BCUT2D eigenvalue weighted by Crippen LogP contribution is -2.00. The van der Waals surface area contributed by atoms with Gasteiger partial charge in [0.1, 0.15) is 0 Å². The number of Topliss-reactive ketones (excluding diaryl/α,β-unsaturated/α-hetero) is 1. The maximum absolute atomic E-state index is 12.5. The highest BCUT2D eigenvalue weighted by molar-refractivity contribution is 7.17. The van der Waals surface area contributed by atoms with Gasteiger partial charge in [-0.3, -0.25) is 4.79 Å². The molecule has 3 rings (SSSR count). The van der Waals surface area contributed by atoms with Gasteiger partial charge in [0.15, 0.2) is 5.78 Å². The second-order valence-corrected chi connectivity index (χ2v) is 8.13. The summed E-state index contributed by atoms with van der Waals surface area (Å²) < 4.78 is 0. The van der Waals surface area contributed by atoms with E-state index in [9.17, 15) is 4.79 Å². The van der Waals surface area contributed by atoms with Gasteiger partial charge in [0, 0.05) is 11.3 Å². The second-order valence-electron chi connectivity index (χ2n) is 7.04. The van der Waals surface area contributed by atoms with Crippen LogP contribution in [0.4, 0.5) is 0 Å². The van der Waals surface area contributed by atoms with Gasteiger partial charge in [0.05, 0.1) is 4.88 Å². The molecule has 0 N–H and O–H groups in total. The van der Waals surface area contributed by atoms with Gasteiger partial charge in [-0.1, -0.05) is 67.9 Å². The summed E-state index contributed by atoms with van der Waals surface area (Å²) in [6.07, 6.45) is 1.57. The molecule has 0 saturated carbocycles. The van der Waals surface area contributed by atoms with Gasteiger partial charge in [-0.25, -0.2) is 0 Å². The highest BCUT2D eigenvalue weighted by atomic mass is 32.1. The Morgan fingerprint density at radius 3 is 2.16 bits per heavy atom. The van der Waals surface area contributed by atoms with Crippen molar-refractivity contribution in [3.8, 4) is 10.4 Å². The zero-order valence-corrected chi connectivity index (χ0v) is 15.9. The van der Waals surface area contributed by atoms with Crippen LogP contribution in [-0.4, -0.2) is 5.78 Å². The van der Waals surface area contributed by atoms with Crippen LogP contribution in [0.3, 0.4) is 0 Å². The van der Waals surface area contributed by atoms with Crippen molar-refractivity contribution in [3.63, 3.8) is 0 Å². The fraction of sp³-hybridized carbons (Fsp3) is 0.261. The molecule has 0 fully saturated rings. The summed E-state index contributed by atoms with van der Waals surface area (Å²) in [4.78, 5) is 14.5. The van der Waals surface area contributed by atoms with Crippen LogP contribution in [0.15, 0.2) is 60.7 Å². The van der Waals surface area contributed by atoms with Crippen LogP contribution >= 0.6 is 11.3 Å². The molecule has 2 heteroatoms. The van der Waals surface area contributed by atoms with Gasteiger partial charge in [-0.2, -0.15) is 0 Å². The zero-order chi connectivity index (χ0) is 17.8. The molecule has 0 radical (unpaired) electrons. The van der Waals surface area contributed by atoms with Crippen LogP contribution in [0.25, 0.3) is 10.4 Å². The second kappa shape index (κ2) is 7.79. The van der Waals surface area contributed by atoms with E-state index in [4.69, 9.17) is 0 Å². The molecular formula is C23H24OS. The first-order valence-corrected chi connectivity index (χ1v) is 9.61. The molecule has 3 aromatic rings. The number of benzene rings is 2. The maximum atomic E-state index is 12.5. The molecule has 0 aliphatic rings. The van der Waals surface area contributed by atoms with Crippen molar-refractivity contribution < 1.29 is 4.79 Å². The third-order valence-electron chi connectivity index (χ3n) is 4.25. The van der Waals surface area contributed by atoms with E-state index in [2.05, 4.69) is 63.2 Å². The van der Waals surface area contributed by atoms with E-state index in [0.717, 1.165) is 21.7 Å². The number of hydrogen-bond acceptors (Lipinski definition) is 2. The Morgan fingerprint density at radius 1 is 0.880 bits per heavy atom. The largest absolute Gasteiger partial charge is 0.293 e. The molecule has 0 bridgehead atoms. The van der Waals surface area contributed by atoms with E-state index in [-0.39, 0.29) is 5.78 Å². The number of rotatable bonds is 6. The quantitative estimate of drug-likeness (QED) is 0.475. The third kappa shape index (κ3) is 4.67. The molecule has 0 atom stereocenters. The van der Waals surface area contributed by atoms with E-state index in [1.54, 1.807) is 11.3 Å². The summed E-state index contributed by atoms with van der Waals surface area (Å²) in [5, 5.41) is 0. The molecule has 1 heterocycles.